The van der Waals surface area contributed by atoms with Gasteiger partial charge >= 0.3 is 0 Å². The molecule has 1 aromatic carbocycles. The van der Waals surface area contributed by atoms with Gasteiger partial charge in [0.2, 0.25) is 0 Å². The van der Waals surface area contributed by atoms with E-state index in [1.54, 1.807) is 0 Å². The van der Waals surface area contributed by atoms with Crippen LogP contribution in [0.4, 0.5) is 0 Å². The first-order valence-electron chi connectivity index (χ1n) is 5.79. The predicted octanol–water partition coefficient (Wildman–Crippen LogP) is 2.61. The number of likely N-dealkylation sites (tertiary alicyclic amines) is 1. The van der Waals surface area contributed by atoms with Gasteiger partial charge in [0.1, 0.15) is 0 Å². The molecular weight excluding hydrogens is 210 g/mol. The Labute approximate surface area is 101 Å². The van der Waals surface area contributed by atoms with Crippen molar-refractivity contribution >= 4 is 5.91 Å². The summed E-state index contributed by atoms with van der Waals surface area (Å²) in [6.07, 6.45) is 3.68. The van der Waals surface area contributed by atoms with E-state index < -0.39 is 0 Å². The van der Waals surface area contributed by atoms with Crippen LogP contribution in [0.15, 0.2) is 59.4 Å². The number of allylic oxidation sites excluding steroid dienone is 1. The van der Waals surface area contributed by atoms with E-state index in [1.807, 2.05) is 35.3 Å². The zero-order valence-electron chi connectivity index (χ0n) is 9.68. The van der Waals surface area contributed by atoms with Crippen molar-refractivity contribution in [2.75, 3.05) is 6.54 Å². The lowest BCUT2D eigenvalue weighted by Gasteiger charge is -2.24. The number of fused-ring (bicyclic) bond motifs is 1. The van der Waals surface area contributed by atoms with E-state index in [2.05, 4.69) is 24.8 Å². The zero-order chi connectivity index (χ0) is 11.8. The number of hydrogen-bond donors (Lipinski definition) is 0. The van der Waals surface area contributed by atoms with Crippen molar-refractivity contribution in [3.8, 4) is 0 Å². The fourth-order valence-electron chi connectivity index (χ4n) is 2.36. The summed E-state index contributed by atoms with van der Waals surface area (Å²) in [6.45, 7) is 2.75. The Balaban J connectivity index is 1.90. The van der Waals surface area contributed by atoms with Crippen LogP contribution in [-0.2, 0) is 4.79 Å². The van der Waals surface area contributed by atoms with Gasteiger partial charge in [0.05, 0.1) is 18.2 Å². The Morgan fingerprint density at radius 1 is 1.29 bits per heavy atom. The van der Waals surface area contributed by atoms with Crippen molar-refractivity contribution in [2.24, 2.45) is 0 Å². The molecule has 1 heterocycles. The van der Waals surface area contributed by atoms with Gasteiger partial charge in [-0.3, -0.25) is 4.79 Å². The van der Waals surface area contributed by atoms with E-state index in [0.717, 1.165) is 11.1 Å². The maximum Gasteiger partial charge on any atom is 0.255 e. The molecular formula is C15H13NO. The maximum atomic E-state index is 12.2. The summed E-state index contributed by atoms with van der Waals surface area (Å²) in [4.78, 5) is 14.1. The highest BCUT2D eigenvalue weighted by atomic mass is 16.2. The number of amides is 1. The van der Waals surface area contributed by atoms with Crippen molar-refractivity contribution in [1.82, 2.24) is 4.90 Å². The quantitative estimate of drug-likeness (QED) is 0.706. The molecule has 0 N–H and O–H groups in total. The zero-order valence-corrected chi connectivity index (χ0v) is 9.68. The van der Waals surface area contributed by atoms with Crippen LogP contribution >= 0.6 is 0 Å². The summed E-state index contributed by atoms with van der Waals surface area (Å²) < 4.78 is 0. The van der Waals surface area contributed by atoms with E-state index in [1.165, 1.54) is 5.56 Å². The first kappa shape index (κ1) is 10.1. The normalized spacial score (nSPS) is 19.1. The molecule has 0 spiro atoms. The molecule has 1 fully saturated rings. The van der Waals surface area contributed by atoms with Crippen molar-refractivity contribution in [2.45, 2.75) is 13.0 Å². The average molecular weight is 223 g/mol. The highest BCUT2D eigenvalue weighted by molar-refractivity contribution is 6.02. The molecule has 1 aromatic rings. The minimum atomic E-state index is 0.115. The molecule has 0 unspecified atom stereocenters. The van der Waals surface area contributed by atoms with E-state index in [4.69, 9.17) is 0 Å². The van der Waals surface area contributed by atoms with E-state index in [9.17, 15) is 4.79 Å². The third kappa shape index (κ3) is 1.54. The molecule has 3 rings (SSSR count). The number of carbonyl (C=O) groups excluding carboxylic acids is 1. The van der Waals surface area contributed by atoms with Gasteiger partial charge in [-0.25, -0.2) is 0 Å². The van der Waals surface area contributed by atoms with Crippen LogP contribution in [0.3, 0.4) is 0 Å². The molecule has 17 heavy (non-hydrogen) atoms. The van der Waals surface area contributed by atoms with Gasteiger partial charge in [0.15, 0.2) is 0 Å². The lowest BCUT2D eigenvalue weighted by Crippen LogP contribution is -2.28. The predicted molar refractivity (Wildman–Crippen MR) is 66.2 cm³/mol. The first-order chi connectivity index (χ1) is 8.27. The Bertz CT molecular complexity index is 562. The van der Waals surface area contributed by atoms with Crippen LogP contribution in [-0.4, -0.2) is 17.4 Å². The van der Waals surface area contributed by atoms with E-state index in [0.29, 0.717) is 6.54 Å². The molecule has 2 heteroatoms. The monoisotopic (exact) mass is 223 g/mol. The standard InChI is InChI=1S/C15H13NO/c1-11(12-6-3-2-4-7-12)16-10-13-8-5-9-14(13)15(16)17/h2-7,9,11H,10H2,1H3/t11-/m1/s1. The van der Waals surface area contributed by atoms with Crippen LogP contribution in [0.5, 0.6) is 0 Å². The van der Waals surface area contributed by atoms with Gasteiger partial charge in [0, 0.05) is 5.57 Å². The van der Waals surface area contributed by atoms with Gasteiger partial charge in [-0.2, -0.15) is 0 Å². The second-order valence-corrected chi connectivity index (χ2v) is 4.39. The molecule has 1 aliphatic carbocycles. The smallest absolute Gasteiger partial charge is 0.255 e. The minimum Gasteiger partial charge on any atom is -0.327 e. The molecule has 2 aliphatic rings. The Morgan fingerprint density at radius 2 is 2.06 bits per heavy atom. The molecule has 2 nitrogen and oxygen atoms in total. The Hall–Kier alpha value is -2.05. The number of benzene rings is 1. The highest BCUT2D eigenvalue weighted by Gasteiger charge is 2.34. The third-order valence-corrected chi connectivity index (χ3v) is 3.40. The molecule has 0 aromatic heterocycles. The molecule has 0 bridgehead atoms. The highest BCUT2D eigenvalue weighted by Crippen LogP contribution is 2.32. The van der Waals surface area contributed by atoms with Gasteiger partial charge in [-0.15, -0.1) is 5.73 Å². The second kappa shape index (κ2) is 3.76. The Kier molecular flexibility index (Phi) is 2.24. The summed E-state index contributed by atoms with van der Waals surface area (Å²) in [5.41, 5.74) is 6.13. The first-order valence-corrected chi connectivity index (χ1v) is 5.79. The lowest BCUT2D eigenvalue weighted by molar-refractivity contribution is -0.126. The molecule has 84 valence electrons. The fraction of sp³-hybridized carbons (Fsp3) is 0.200. The number of carbonyl (C=O) groups is 1. The number of nitrogens with zero attached hydrogens (tertiary/aromatic N) is 1. The topological polar surface area (TPSA) is 20.3 Å². The summed E-state index contributed by atoms with van der Waals surface area (Å²) in [6, 6.07) is 10.2. The number of rotatable bonds is 2. The van der Waals surface area contributed by atoms with Gasteiger partial charge in [-0.05, 0) is 24.6 Å². The minimum absolute atomic E-state index is 0.115. The second-order valence-electron chi connectivity index (χ2n) is 4.39. The van der Waals surface area contributed by atoms with Crippen LogP contribution in [0.25, 0.3) is 0 Å². The van der Waals surface area contributed by atoms with Crippen LogP contribution < -0.4 is 0 Å². The van der Waals surface area contributed by atoms with E-state index in [-0.39, 0.29) is 11.9 Å². The molecule has 1 atom stereocenters. The van der Waals surface area contributed by atoms with Gasteiger partial charge in [-0.1, -0.05) is 30.3 Å². The number of hydrogen-bond acceptors (Lipinski definition) is 1. The van der Waals surface area contributed by atoms with Crippen molar-refractivity contribution in [1.29, 1.82) is 0 Å². The van der Waals surface area contributed by atoms with Crippen molar-refractivity contribution in [3.63, 3.8) is 0 Å². The average Bonchev–Trinajstić information content (AvgIpc) is 2.93. The lowest BCUT2D eigenvalue weighted by atomic mass is 10.1. The largest absolute Gasteiger partial charge is 0.327 e. The molecule has 1 saturated heterocycles. The third-order valence-electron chi connectivity index (χ3n) is 3.40. The van der Waals surface area contributed by atoms with Crippen LogP contribution in [0, 0.1) is 0 Å². The fourth-order valence-corrected chi connectivity index (χ4v) is 2.36. The summed E-state index contributed by atoms with van der Waals surface area (Å²) in [7, 11) is 0. The SMILES string of the molecule is C[C@H](c1ccccc1)N1CC2=C=CC=C2C1=O. The van der Waals surface area contributed by atoms with Crippen molar-refractivity contribution < 1.29 is 4.79 Å². The van der Waals surface area contributed by atoms with Gasteiger partial charge in [0.25, 0.3) is 5.91 Å². The summed E-state index contributed by atoms with van der Waals surface area (Å²) in [5.74, 6) is 0.123. The van der Waals surface area contributed by atoms with E-state index >= 15 is 0 Å². The summed E-state index contributed by atoms with van der Waals surface area (Å²) >= 11 is 0. The Morgan fingerprint density at radius 3 is 2.76 bits per heavy atom. The van der Waals surface area contributed by atoms with Gasteiger partial charge < -0.3 is 4.90 Å². The molecule has 1 aliphatic heterocycles. The maximum absolute atomic E-state index is 12.2. The summed E-state index contributed by atoms with van der Waals surface area (Å²) in [5, 5.41) is 0. The molecule has 0 radical (unpaired) electrons. The molecule has 0 saturated carbocycles. The van der Waals surface area contributed by atoms with Crippen LogP contribution in [0.1, 0.15) is 18.5 Å². The molecule has 1 amide bonds. The van der Waals surface area contributed by atoms with Crippen LogP contribution in [0.2, 0.25) is 0 Å². The van der Waals surface area contributed by atoms with Crippen molar-refractivity contribution in [3.05, 3.63) is 64.9 Å².